The molecular weight excluding hydrogens is 210 g/mol. The van der Waals surface area contributed by atoms with Crippen LogP contribution in [0.4, 0.5) is 0 Å². The van der Waals surface area contributed by atoms with Gasteiger partial charge in [-0.3, -0.25) is 4.79 Å². The molecule has 1 aliphatic rings. The van der Waals surface area contributed by atoms with E-state index in [0.29, 0.717) is 5.92 Å². The van der Waals surface area contributed by atoms with E-state index in [1.165, 1.54) is 5.57 Å². The van der Waals surface area contributed by atoms with Gasteiger partial charge in [-0.1, -0.05) is 46.8 Å². The third-order valence-corrected chi connectivity index (χ3v) is 3.70. The van der Waals surface area contributed by atoms with Crippen LogP contribution in [0.1, 0.15) is 60.3 Å². The van der Waals surface area contributed by atoms with Crippen molar-refractivity contribution in [1.29, 1.82) is 0 Å². The summed E-state index contributed by atoms with van der Waals surface area (Å²) in [6.07, 6.45) is 4.10. The van der Waals surface area contributed by atoms with Crippen molar-refractivity contribution in [3.8, 4) is 0 Å². The van der Waals surface area contributed by atoms with Gasteiger partial charge < -0.3 is 5.32 Å². The molecule has 1 saturated carbocycles. The van der Waals surface area contributed by atoms with Gasteiger partial charge in [-0.15, -0.1) is 0 Å². The zero-order chi connectivity index (χ0) is 13.3. The highest BCUT2D eigenvalue weighted by Crippen LogP contribution is 2.37. The van der Waals surface area contributed by atoms with E-state index in [1.54, 1.807) is 0 Å². The van der Waals surface area contributed by atoms with Gasteiger partial charge in [0.2, 0.25) is 5.91 Å². The third-order valence-electron chi connectivity index (χ3n) is 3.70. The summed E-state index contributed by atoms with van der Waals surface area (Å²) in [6.45, 7) is 14.4. The number of hydrogen-bond donors (Lipinski definition) is 1. The Hall–Kier alpha value is -0.790. The van der Waals surface area contributed by atoms with E-state index in [9.17, 15) is 4.79 Å². The lowest BCUT2D eigenvalue weighted by Crippen LogP contribution is -2.54. The highest BCUT2D eigenvalue weighted by Gasteiger charge is 2.38. The summed E-state index contributed by atoms with van der Waals surface area (Å²) in [5, 5.41) is 3.28. The van der Waals surface area contributed by atoms with E-state index in [1.807, 2.05) is 20.8 Å². The van der Waals surface area contributed by atoms with Gasteiger partial charge in [0.25, 0.3) is 0 Å². The molecule has 0 aliphatic heterocycles. The molecule has 2 atom stereocenters. The topological polar surface area (TPSA) is 29.1 Å². The zero-order valence-electron chi connectivity index (χ0n) is 12.0. The molecule has 0 aromatic carbocycles. The van der Waals surface area contributed by atoms with E-state index in [-0.39, 0.29) is 16.9 Å². The molecule has 1 amide bonds. The van der Waals surface area contributed by atoms with Gasteiger partial charge in [-0.05, 0) is 31.6 Å². The minimum Gasteiger partial charge on any atom is -0.350 e. The fourth-order valence-corrected chi connectivity index (χ4v) is 2.74. The molecule has 1 aliphatic carbocycles. The van der Waals surface area contributed by atoms with Crippen molar-refractivity contribution < 1.29 is 4.79 Å². The molecule has 1 rings (SSSR count). The maximum Gasteiger partial charge on any atom is 0.225 e. The molecule has 2 nitrogen and oxygen atoms in total. The van der Waals surface area contributed by atoms with Gasteiger partial charge in [0.1, 0.15) is 0 Å². The van der Waals surface area contributed by atoms with Gasteiger partial charge in [-0.25, -0.2) is 0 Å². The van der Waals surface area contributed by atoms with Gasteiger partial charge >= 0.3 is 0 Å². The Morgan fingerprint density at radius 2 is 2.12 bits per heavy atom. The van der Waals surface area contributed by atoms with E-state index >= 15 is 0 Å². The predicted octanol–water partition coefficient (Wildman–Crippen LogP) is 3.67. The van der Waals surface area contributed by atoms with Crippen molar-refractivity contribution in [1.82, 2.24) is 5.32 Å². The second-order valence-electron chi connectivity index (χ2n) is 6.78. The maximum atomic E-state index is 12.2. The largest absolute Gasteiger partial charge is 0.350 e. The Labute approximate surface area is 106 Å². The number of hydrogen-bond acceptors (Lipinski definition) is 1. The third kappa shape index (κ3) is 3.58. The number of amides is 1. The number of rotatable bonds is 2. The Bertz CT molecular complexity index is 313. The average Bonchev–Trinajstić information content (AvgIpc) is 2.14. The highest BCUT2D eigenvalue weighted by molar-refractivity contribution is 5.82. The van der Waals surface area contributed by atoms with Crippen molar-refractivity contribution in [2.24, 2.45) is 11.3 Å². The molecule has 1 N–H and O–H groups in total. The highest BCUT2D eigenvalue weighted by atomic mass is 16.2. The van der Waals surface area contributed by atoms with Crippen molar-refractivity contribution in [2.75, 3.05) is 0 Å². The predicted molar refractivity (Wildman–Crippen MR) is 72.8 cm³/mol. The number of carbonyl (C=O) groups excluding carboxylic acids is 1. The Balaban J connectivity index is 2.82. The van der Waals surface area contributed by atoms with Crippen LogP contribution >= 0.6 is 0 Å². The lowest BCUT2D eigenvalue weighted by atomic mass is 9.72. The second-order valence-corrected chi connectivity index (χ2v) is 6.78. The molecule has 0 saturated heterocycles. The first-order valence-corrected chi connectivity index (χ1v) is 6.68. The molecule has 98 valence electrons. The van der Waals surface area contributed by atoms with Crippen molar-refractivity contribution in [2.45, 2.75) is 65.8 Å². The minimum absolute atomic E-state index is 0.0564. The fourth-order valence-electron chi connectivity index (χ4n) is 2.74. The SMILES string of the molecule is C=C1CC(C)CC(CC)(NC(=O)C(C)(C)C)C1. The smallest absolute Gasteiger partial charge is 0.225 e. The summed E-state index contributed by atoms with van der Waals surface area (Å²) in [4.78, 5) is 12.2. The average molecular weight is 237 g/mol. The molecular formula is C15H27NO. The van der Waals surface area contributed by atoms with Crippen molar-refractivity contribution in [3.63, 3.8) is 0 Å². The molecule has 0 spiro atoms. The van der Waals surface area contributed by atoms with Crippen LogP contribution in [0.2, 0.25) is 0 Å². The first kappa shape index (κ1) is 14.3. The summed E-state index contributed by atoms with van der Waals surface area (Å²) < 4.78 is 0. The molecule has 0 aromatic rings. The van der Waals surface area contributed by atoms with Gasteiger partial charge in [0, 0.05) is 11.0 Å². The van der Waals surface area contributed by atoms with Crippen LogP contribution in [0, 0.1) is 11.3 Å². The normalized spacial score (nSPS) is 30.2. The van der Waals surface area contributed by atoms with Crippen LogP contribution in [0.3, 0.4) is 0 Å². The van der Waals surface area contributed by atoms with E-state index in [0.717, 1.165) is 25.7 Å². The monoisotopic (exact) mass is 237 g/mol. The Morgan fingerprint density at radius 3 is 2.53 bits per heavy atom. The van der Waals surface area contributed by atoms with Crippen LogP contribution in [-0.2, 0) is 4.79 Å². The van der Waals surface area contributed by atoms with Crippen molar-refractivity contribution >= 4 is 5.91 Å². The second kappa shape index (κ2) is 4.83. The summed E-state index contributed by atoms with van der Waals surface area (Å²) in [6, 6.07) is 0. The molecule has 0 aromatic heterocycles. The van der Waals surface area contributed by atoms with E-state index in [2.05, 4.69) is 25.7 Å². The molecule has 2 unspecified atom stereocenters. The molecule has 0 heterocycles. The lowest BCUT2D eigenvalue weighted by Gasteiger charge is -2.42. The van der Waals surface area contributed by atoms with Gasteiger partial charge in [0.05, 0.1) is 0 Å². The standard InChI is InChI=1S/C15H27NO/c1-7-15(16-13(17)14(4,5)6)9-11(2)8-12(3)10-15/h12H,2,7-10H2,1,3-6H3,(H,16,17). The lowest BCUT2D eigenvalue weighted by molar-refractivity contribution is -0.131. The van der Waals surface area contributed by atoms with Crippen LogP contribution in [-0.4, -0.2) is 11.4 Å². The summed E-state index contributed by atoms with van der Waals surface area (Å²) in [5.74, 6) is 0.776. The summed E-state index contributed by atoms with van der Waals surface area (Å²) in [5.41, 5.74) is 0.906. The van der Waals surface area contributed by atoms with E-state index in [4.69, 9.17) is 0 Å². The van der Waals surface area contributed by atoms with E-state index < -0.39 is 0 Å². The maximum absolute atomic E-state index is 12.2. The Morgan fingerprint density at radius 1 is 1.53 bits per heavy atom. The van der Waals surface area contributed by atoms with Gasteiger partial charge in [0.15, 0.2) is 0 Å². The first-order valence-electron chi connectivity index (χ1n) is 6.68. The van der Waals surface area contributed by atoms with Crippen LogP contribution in [0.5, 0.6) is 0 Å². The fraction of sp³-hybridized carbons (Fsp3) is 0.800. The minimum atomic E-state index is -0.315. The Kier molecular flexibility index (Phi) is 4.06. The zero-order valence-corrected chi connectivity index (χ0v) is 12.0. The van der Waals surface area contributed by atoms with Crippen LogP contribution in [0.15, 0.2) is 12.2 Å². The molecule has 17 heavy (non-hydrogen) atoms. The summed E-state index contributed by atoms with van der Waals surface area (Å²) >= 11 is 0. The first-order chi connectivity index (χ1) is 7.68. The number of nitrogens with one attached hydrogen (secondary N) is 1. The molecule has 0 bridgehead atoms. The van der Waals surface area contributed by atoms with Crippen molar-refractivity contribution in [3.05, 3.63) is 12.2 Å². The number of carbonyl (C=O) groups is 1. The van der Waals surface area contributed by atoms with Gasteiger partial charge in [-0.2, -0.15) is 0 Å². The molecule has 1 fully saturated rings. The quantitative estimate of drug-likeness (QED) is 0.729. The van der Waals surface area contributed by atoms with Crippen LogP contribution < -0.4 is 5.32 Å². The summed E-state index contributed by atoms with van der Waals surface area (Å²) in [7, 11) is 0. The van der Waals surface area contributed by atoms with Crippen LogP contribution in [0.25, 0.3) is 0 Å². The molecule has 2 heteroatoms. The molecule has 0 radical (unpaired) electrons.